The van der Waals surface area contributed by atoms with Crippen LogP contribution in [0.5, 0.6) is 5.75 Å². The van der Waals surface area contributed by atoms with E-state index in [4.69, 9.17) is 33.7 Å². The number of nitrogens with two attached hydrogens (primary N) is 1. The highest BCUT2D eigenvalue weighted by molar-refractivity contribution is 6.30. The number of halogens is 2. The number of hydrogen-bond donors (Lipinski definition) is 1. The van der Waals surface area contributed by atoms with E-state index in [2.05, 4.69) is 6.08 Å². The Kier molecular flexibility index (Phi) is 4.56. The van der Waals surface area contributed by atoms with Crippen molar-refractivity contribution in [1.29, 1.82) is 0 Å². The lowest BCUT2D eigenvalue weighted by molar-refractivity contribution is 0.353. The standard InChI is InChI=1S/C14H15Cl2NO/c15-11-4-5-12-13(16)7-10(3-1-2-6-17)9-18-14(12)8-11/h2-6,8,13H,1,7,9,17H2/b6-2-,10-3+. The Morgan fingerprint density at radius 2 is 2.28 bits per heavy atom. The number of alkyl halides is 1. The summed E-state index contributed by atoms with van der Waals surface area (Å²) >= 11 is 12.4. The Hall–Kier alpha value is -1.12. The monoisotopic (exact) mass is 283 g/mol. The molecular weight excluding hydrogens is 269 g/mol. The van der Waals surface area contributed by atoms with Crippen molar-refractivity contribution in [2.24, 2.45) is 5.73 Å². The van der Waals surface area contributed by atoms with Crippen molar-refractivity contribution in [3.63, 3.8) is 0 Å². The second kappa shape index (κ2) is 6.17. The molecular formula is C14H15Cl2NO. The lowest BCUT2D eigenvalue weighted by Crippen LogP contribution is -1.98. The van der Waals surface area contributed by atoms with Gasteiger partial charge in [0, 0.05) is 10.6 Å². The second-order valence-corrected chi connectivity index (χ2v) is 5.13. The summed E-state index contributed by atoms with van der Waals surface area (Å²) in [5, 5.41) is 0.587. The van der Waals surface area contributed by atoms with Crippen molar-refractivity contribution >= 4 is 23.2 Å². The minimum Gasteiger partial charge on any atom is -0.489 e. The van der Waals surface area contributed by atoms with Crippen LogP contribution in [0.25, 0.3) is 0 Å². The van der Waals surface area contributed by atoms with Crippen LogP contribution in [0.4, 0.5) is 0 Å². The zero-order valence-corrected chi connectivity index (χ0v) is 11.4. The highest BCUT2D eigenvalue weighted by Gasteiger charge is 2.20. The Labute approximate surface area is 117 Å². The minimum atomic E-state index is -0.0760. The van der Waals surface area contributed by atoms with Gasteiger partial charge in [0.05, 0.1) is 5.38 Å². The normalized spacial score (nSPS) is 21.7. The van der Waals surface area contributed by atoms with E-state index in [1.54, 1.807) is 6.20 Å². The van der Waals surface area contributed by atoms with Crippen molar-refractivity contribution in [3.8, 4) is 5.75 Å². The quantitative estimate of drug-likeness (QED) is 0.652. The molecule has 2 nitrogen and oxygen atoms in total. The largest absolute Gasteiger partial charge is 0.489 e. The molecule has 1 atom stereocenters. The topological polar surface area (TPSA) is 35.2 Å². The van der Waals surface area contributed by atoms with Crippen LogP contribution in [0.1, 0.15) is 23.8 Å². The molecule has 1 aromatic carbocycles. The average Bonchev–Trinajstić information content (AvgIpc) is 2.49. The number of allylic oxidation sites excluding steroid dienone is 2. The van der Waals surface area contributed by atoms with Gasteiger partial charge in [-0.05, 0) is 36.7 Å². The fourth-order valence-corrected chi connectivity index (χ4v) is 2.46. The fraction of sp³-hybridized carbons (Fsp3) is 0.286. The van der Waals surface area contributed by atoms with Gasteiger partial charge < -0.3 is 10.5 Å². The Morgan fingerprint density at radius 3 is 3.06 bits per heavy atom. The van der Waals surface area contributed by atoms with E-state index in [1.807, 2.05) is 24.3 Å². The molecule has 2 rings (SSSR count). The smallest absolute Gasteiger partial charge is 0.125 e. The third-order valence-electron chi connectivity index (χ3n) is 2.85. The molecule has 0 saturated carbocycles. The molecule has 0 fully saturated rings. The van der Waals surface area contributed by atoms with Crippen molar-refractivity contribution in [2.45, 2.75) is 18.2 Å². The lowest BCUT2D eigenvalue weighted by atomic mass is 10.0. The zero-order valence-electron chi connectivity index (χ0n) is 9.90. The number of benzene rings is 1. The molecule has 1 heterocycles. The molecule has 1 aliphatic rings. The number of hydrogen-bond acceptors (Lipinski definition) is 2. The highest BCUT2D eigenvalue weighted by atomic mass is 35.5. The van der Waals surface area contributed by atoms with Crippen LogP contribution in [-0.2, 0) is 0 Å². The van der Waals surface area contributed by atoms with Gasteiger partial charge in [0.1, 0.15) is 12.4 Å². The Balaban J connectivity index is 2.18. The maximum absolute atomic E-state index is 6.40. The van der Waals surface area contributed by atoms with E-state index in [-0.39, 0.29) is 5.38 Å². The Morgan fingerprint density at radius 1 is 1.44 bits per heavy atom. The van der Waals surface area contributed by atoms with Gasteiger partial charge in [-0.2, -0.15) is 0 Å². The first-order valence-corrected chi connectivity index (χ1v) is 6.63. The van der Waals surface area contributed by atoms with Crippen LogP contribution in [0.15, 0.2) is 42.1 Å². The first-order valence-electron chi connectivity index (χ1n) is 5.81. The van der Waals surface area contributed by atoms with E-state index in [9.17, 15) is 0 Å². The summed E-state index contributed by atoms with van der Waals surface area (Å²) in [5.74, 6) is 0.778. The van der Waals surface area contributed by atoms with Gasteiger partial charge in [-0.25, -0.2) is 0 Å². The van der Waals surface area contributed by atoms with Gasteiger partial charge >= 0.3 is 0 Å². The number of fused-ring (bicyclic) bond motifs is 1. The van der Waals surface area contributed by atoms with Crippen molar-refractivity contribution in [1.82, 2.24) is 0 Å². The first-order chi connectivity index (χ1) is 8.70. The van der Waals surface area contributed by atoms with Crippen LogP contribution >= 0.6 is 23.2 Å². The molecule has 4 heteroatoms. The van der Waals surface area contributed by atoms with Crippen LogP contribution in [0.2, 0.25) is 5.02 Å². The molecule has 0 amide bonds. The van der Waals surface area contributed by atoms with E-state index >= 15 is 0 Å². The van der Waals surface area contributed by atoms with Gasteiger partial charge in [-0.15, -0.1) is 11.6 Å². The van der Waals surface area contributed by atoms with Gasteiger partial charge in [0.15, 0.2) is 0 Å². The van der Waals surface area contributed by atoms with Crippen molar-refractivity contribution in [2.75, 3.05) is 6.61 Å². The summed E-state index contributed by atoms with van der Waals surface area (Å²) in [6.45, 7) is 0.551. The third-order valence-corrected chi connectivity index (χ3v) is 3.47. The molecule has 1 unspecified atom stereocenters. The summed E-state index contributed by atoms with van der Waals surface area (Å²) in [5.41, 5.74) is 7.49. The summed E-state index contributed by atoms with van der Waals surface area (Å²) in [6, 6.07) is 5.58. The predicted molar refractivity (Wildman–Crippen MR) is 76.2 cm³/mol. The van der Waals surface area contributed by atoms with Crippen molar-refractivity contribution in [3.05, 3.63) is 52.7 Å². The highest BCUT2D eigenvalue weighted by Crippen LogP contribution is 2.38. The number of ether oxygens (including phenoxy) is 1. The molecule has 1 aromatic rings. The zero-order chi connectivity index (χ0) is 13.0. The van der Waals surface area contributed by atoms with Gasteiger partial charge in [-0.3, -0.25) is 0 Å². The molecule has 0 radical (unpaired) electrons. The Bertz CT molecular complexity index is 483. The van der Waals surface area contributed by atoms with Crippen LogP contribution in [-0.4, -0.2) is 6.61 Å². The summed E-state index contributed by atoms with van der Waals surface area (Å²) < 4.78 is 5.75. The molecule has 0 aromatic heterocycles. The molecule has 0 aliphatic carbocycles. The van der Waals surface area contributed by atoms with Crippen LogP contribution < -0.4 is 10.5 Å². The molecule has 96 valence electrons. The van der Waals surface area contributed by atoms with Crippen molar-refractivity contribution < 1.29 is 4.74 Å². The van der Waals surface area contributed by atoms with Gasteiger partial charge in [-0.1, -0.05) is 29.8 Å². The molecule has 0 saturated heterocycles. The molecule has 0 spiro atoms. The molecule has 2 N–H and O–H groups in total. The van der Waals surface area contributed by atoms with Crippen LogP contribution in [0.3, 0.4) is 0 Å². The summed E-state index contributed by atoms with van der Waals surface area (Å²) in [4.78, 5) is 0. The van der Waals surface area contributed by atoms with E-state index < -0.39 is 0 Å². The van der Waals surface area contributed by atoms with Crippen LogP contribution in [0, 0.1) is 0 Å². The average molecular weight is 284 g/mol. The molecule has 1 aliphatic heterocycles. The maximum atomic E-state index is 6.40. The van der Waals surface area contributed by atoms with Gasteiger partial charge in [0.2, 0.25) is 0 Å². The predicted octanol–water partition coefficient (Wildman–Crippen LogP) is 4.19. The van der Waals surface area contributed by atoms with E-state index in [1.165, 1.54) is 5.57 Å². The van der Waals surface area contributed by atoms with E-state index in [0.29, 0.717) is 11.6 Å². The molecule has 18 heavy (non-hydrogen) atoms. The summed E-state index contributed by atoms with van der Waals surface area (Å²) in [7, 11) is 0. The summed E-state index contributed by atoms with van der Waals surface area (Å²) in [6.07, 6.45) is 7.13. The van der Waals surface area contributed by atoms with Gasteiger partial charge in [0.25, 0.3) is 0 Å². The minimum absolute atomic E-state index is 0.0760. The number of rotatable bonds is 2. The SMILES string of the molecule is N/C=C\C/C=C1/COc2cc(Cl)ccc2C(Cl)C1. The maximum Gasteiger partial charge on any atom is 0.125 e. The first kappa shape index (κ1) is 13.3. The van der Waals surface area contributed by atoms with E-state index in [0.717, 1.165) is 24.2 Å². The lowest BCUT2D eigenvalue weighted by Gasteiger charge is -2.09. The fourth-order valence-electron chi connectivity index (χ4n) is 1.92. The third kappa shape index (κ3) is 3.21. The molecule has 0 bridgehead atoms. The second-order valence-electron chi connectivity index (χ2n) is 4.17.